The minimum absolute atomic E-state index is 0.513. The first-order valence-electron chi connectivity index (χ1n) is 6.40. The van der Waals surface area contributed by atoms with E-state index in [1.165, 1.54) is 38.5 Å². The second-order valence-electron chi connectivity index (χ2n) is 4.10. The molecule has 0 spiro atoms. The number of hydrogen-bond acceptors (Lipinski definition) is 3. The van der Waals surface area contributed by atoms with Crippen molar-refractivity contribution in [2.24, 2.45) is 0 Å². The van der Waals surface area contributed by atoms with Gasteiger partial charge in [0.05, 0.1) is 6.61 Å². The highest BCUT2D eigenvalue weighted by atomic mass is 16.5. The number of ether oxygens (including phenoxy) is 1. The van der Waals surface area contributed by atoms with Crippen LogP contribution in [0, 0.1) is 0 Å². The molecule has 3 heteroatoms. The Balaban J connectivity index is 2.87. The molecule has 0 aromatic rings. The molecule has 0 amide bonds. The molecule has 16 heavy (non-hydrogen) atoms. The van der Waals surface area contributed by atoms with E-state index < -0.39 is 0 Å². The molecular formula is C13H24O3. The number of hydrogen-bond donors (Lipinski definition) is 0. The van der Waals surface area contributed by atoms with Crippen LogP contribution in [-0.2, 0) is 14.3 Å². The molecule has 0 bridgehead atoms. The number of carbonyl (C=O) groups excluding carboxylic acids is 2. The third-order valence-corrected chi connectivity index (χ3v) is 2.65. The van der Waals surface area contributed by atoms with Gasteiger partial charge in [-0.25, -0.2) is 0 Å². The molecular weight excluding hydrogens is 204 g/mol. The smallest absolute Gasteiger partial charge is 0.293 e. The van der Waals surface area contributed by atoms with Crippen molar-refractivity contribution in [1.29, 1.82) is 0 Å². The third kappa shape index (κ3) is 13.1. The molecule has 0 unspecified atom stereocenters. The molecule has 0 heterocycles. The minimum atomic E-state index is 0.513. The fourth-order valence-electron chi connectivity index (χ4n) is 1.70. The maximum Gasteiger partial charge on any atom is 0.293 e. The van der Waals surface area contributed by atoms with Crippen molar-refractivity contribution in [3.05, 3.63) is 0 Å². The second-order valence-corrected chi connectivity index (χ2v) is 4.10. The molecule has 94 valence electrons. The first kappa shape index (κ1) is 15.1. The van der Waals surface area contributed by atoms with Crippen molar-refractivity contribution in [3.63, 3.8) is 0 Å². The summed E-state index contributed by atoms with van der Waals surface area (Å²) in [5.74, 6) is 0. The standard InChI is InChI=1S/C13H24O3/c14-11-9-7-5-3-1-2-4-6-8-10-12-16-13-15/h11,13H,1-10,12H2. The first-order valence-corrected chi connectivity index (χ1v) is 6.40. The summed E-state index contributed by atoms with van der Waals surface area (Å²) in [6, 6.07) is 0. The zero-order valence-corrected chi connectivity index (χ0v) is 10.2. The molecule has 0 radical (unpaired) electrons. The number of rotatable bonds is 13. The average molecular weight is 228 g/mol. The van der Waals surface area contributed by atoms with E-state index in [2.05, 4.69) is 4.74 Å². The van der Waals surface area contributed by atoms with Gasteiger partial charge in [0.25, 0.3) is 6.47 Å². The van der Waals surface area contributed by atoms with Gasteiger partial charge in [-0.1, -0.05) is 44.9 Å². The summed E-state index contributed by atoms with van der Waals surface area (Å²) in [7, 11) is 0. The van der Waals surface area contributed by atoms with Crippen molar-refractivity contribution in [2.45, 2.75) is 64.2 Å². The summed E-state index contributed by atoms with van der Waals surface area (Å²) < 4.78 is 4.61. The van der Waals surface area contributed by atoms with Gasteiger partial charge in [0, 0.05) is 6.42 Å². The van der Waals surface area contributed by atoms with E-state index in [0.717, 1.165) is 32.0 Å². The van der Waals surface area contributed by atoms with Crippen LogP contribution in [0.25, 0.3) is 0 Å². The summed E-state index contributed by atoms with van der Waals surface area (Å²) in [6.07, 6.45) is 12.4. The zero-order valence-electron chi connectivity index (χ0n) is 10.2. The van der Waals surface area contributed by atoms with E-state index in [1.807, 2.05) is 0 Å². The summed E-state index contributed by atoms with van der Waals surface area (Å²) in [5.41, 5.74) is 0. The fourth-order valence-corrected chi connectivity index (χ4v) is 1.70. The lowest BCUT2D eigenvalue weighted by molar-refractivity contribution is -0.128. The van der Waals surface area contributed by atoms with Crippen molar-refractivity contribution in [3.8, 4) is 0 Å². The van der Waals surface area contributed by atoms with E-state index in [1.54, 1.807) is 0 Å². The molecule has 0 atom stereocenters. The van der Waals surface area contributed by atoms with E-state index in [0.29, 0.717) is 13.1 Å². The Bertz CT molecular complexity index is 139. The van der Waals surface area contributed by atoms with Gasteiger partial charge in [-0.05, 0) is 12.8 Å². The van der Waals surface area contributed by atoms with Crippen LogP contribution in [0.15, 0.2) is 0 Å². The molecule has 0 aliphatic carbocycles. The molecule has 3 nitrogen and oxygen atoms in total. The van der Waals surface area contributed by atoms with Gasteiger partial charge in [-0.15, -0.1) is 0 Å². The lowest BCUT2D eigenvalue weighted by Crippen LogP contribution is -1.91. The quantitative estimate of drug-likeness (QED) is 0.359. The lowest BCUT2D eigenvalue weighted by Gasteiger charge is -2.01. The molecule has 0 rings (SSSR count). The van der Waals surface area contributed by atoms with Crippen LogP contribution in [0.2, 0.25) is 0 Å². The highest BCUT2D eigenvalue weighted by molar-refractivity contribution is 5.48. The largest absolute Gasteiger partial charge is 0.468 e. The van der Waals surface area contributed by atoms with Crippen LogP contribution in [0.1, 0.15) is 64.2 Å². The molecule has 0 saturated heterocycles. The molecule has 0 saturated carbocycles. The summed E-state index contributed by atoms with van der Waals surface area (Å²) in [6.45, 7) is 1.08. The summed E-state index contributed by atoms with van der Waals surface area (Å²) in [5, 5.41) is 0. The third-order valence-electron chi connectivity index (χ3n) is 2.65. The van der Waals surface area contributed by atoms with Crippen LogP contribution < -0.4 is 0 Å². The molecule has 0 aliphatic rings. The Morgan fingerprint density at radius 2 is 1.19 bits per heavy atom. The van der Waals surface area contributed by atoms with Gasteiger partial charge in [-0.2, -0.15) is 0 Å². The Kier molecular flexibility index (Phi) is 13.4. The van der Waals surface area contributed by atoms with Gasteiger partial charge in [0.2, 0.25) is 0 Å². The highest BCUT2D eigenvalue weighted by Crippen LogP contribution is 2.10. The topological polar surface area (TPSA) is 43.4 Å². The SMILES string of the molecule is O=CCCCCCCCCCCCOC=O. The molecule has 0 fully saturated rings. The van der Waals surface area contributed by atoms with Gasteiger partial charge < -0.3 is 9.53 Å². The van der Waals surface area contributed by atoms with Crippen molar-refractivity contribution < 1.29 is 14.3 Å². The highest BCUT2D eigenvalue weighted by Gasteiger charge is 1.92. The summed E-state index contributed by atoms with van der Waals surface area (Å²) >= 11 is 0. The second kappa shape index (κ2) is 14.1. The number of aldehydes is 1. The van der Waals surface area contributed by atoms with Crippen molar-refractivity contribution in [2.75, 3.05) is 6.61 Å². The van der Waals surface area contributed by atoms with E-state index in [4.69, 9.17) is 0 Å². The van der Waals surface area contributed by atoms with Crippen LogP contribution in [0.5, 0.6) is 0 Å². The molecule has 0 aliphatic heterocycles. The normalized spacial score (nSPS) is 10.0. The fraction of sp³-hybridized carbons (Fsp3) is 0.846. The van der Waals surface area contributed by atoms with Crippen LogP contribution in [0.3, 0.4) is 0 Å². The maximum absolute atomic E-state index is 10.1. The van der Waals surface area contributed by atoms with Gasteiger partial charge >= 0.3 is 0 Å². The number of unbranched alkanes of at least 4 members (excludes halogenated alkanes) is 9. The lowest BCUT2D eigenvalue weighted by atomic mass is 10.1. The van der Waals surface area contributed by atoms with Crippen molar-refractivity contribution >= 4 is 12.8 Å². The van der Waals surface area contributed by atoms with Crippen molar-refractivity contribution in [1.82, 2.24) is 0 Å². The van der Waals surface area contributed by atoms with Gasteiger partial charge in [0.15, 0.2) is 0 Å². The van der Waals surface area contributed by atoms with E-state index >= 15 is 0 Å². The van der Waals surface area contributed by atoms with E-state index in [-0.39, 0.29) is 0 Å². The van der Waals surface area contributed by atoms with Gasteiger partial charge in [0.1, 0.15) is 6.29 Å². The Labute approximate surface area is 98.6 Å². The summed E-state index contributed by atoms with van der Waals surface area (Å²) in [4.78, 5) is 19.9. The minimum Gasteiger partial charge on any atom is -0.468 e. The first-order chi connectivity index (χ1) is 7.91. The Morgan fingerprint density at radius 1 is 0.688 bits per heavy atom. The van der Waals surface area contributed by atoms with Gasteiger partial charge in [-0.3, -0.25) is 4.79 Å². The zero-order chi connectivity index (χ0) is 11.9. The monoisotopic (exact) mass is 228 g/mol. The Morgan fingerprint density at radius 3 is 1.69 bits per heavy atom. The van der Waals surface area contributed by atoms with Crippen LogP contribution >= 0.6 is 0 Å². The van der Waals surface area contributed by atoms with E-state index in [9.17, 15) is 9.59 Å². The number of carbonyl (C=O) groups is 2. The molecule has 0 aromatic heterocycles. The Hall–Kier alpha value is -0.860. The maximum atomic E-state index is 10.1. The molecule has 0 N–H and O–H groups in total. The predicted molar refractivity (Wildman–Crippen MR) is 64.3 cm³/mol. The van der Waals surface area contributed by atoms with Crippen LogP contribution in [0.4, 0.5) is 0 Å². The molecule has 0 aromatic carbocycles. The predicted octanol–water partition coefficient (Wildman–Crippen LogP) is 3.26. The average Bonchev–Trinajstić information content (AvgIpc) is 2.31. The van der Waals surface area contributed by atoms with Crippen LogP contribution in [-0.4, -0.2) is 19.4 Å².